The molecule has 0 amide bonds. The summed E-state index contributed by atoms with van der Waals surface area (Å²) in [7, 11) is 1.69. The fraction of sp³-hybridized carbons (Fsp3) is 0.286. The van der Waals surface area contributed by atoms with Crippen LogP contribution >= 0.6 is 11.3 Å². The first-order chi connectivity index (χ1) is 8.20. The smallest absolute Gasteiger partial charge is 0.121 e. The lowest BCUT2D eigenvalue weighted by Gasteiger charge is -2.13. The van der Waals surface area contributed by atoms with Crippen molar-refractivity contribution < 1.29 is 4.74 Å². The predicted octanol–water partition coefficient (Wildman–Crippen LogP) is 3.31. The maximum Gasteiger partial charge on any atom is 0.121 e. The molecule has 0 spiro atoms. The van der Waals surface area contributed by atoms with Gasteiger partial charge < -0.3 is 10.5 Å². The first-order valence-electron chi connectivity index (χ1n) is 5.62. The molecule has 3 heteroatoms. The van der Waals surface area contributed by atoms with Gasteiger partial charge in [-0.2, -0.15) is 11.3 Å². The molecule has 90 valence electrons. The van der Waals surface area contributed by atoms with Gasteiger partial charge in [-0.05, 0) is 52.9 Å². The van der Waals surface area contributed by atoms with Crippen LogP contribution in [0, 0.1) is 6.92 Å². The SMILES string of the molecule is COc1ccc(C(N)Cc2ccsc2)cc1C. The summed E-state index contributed by atoms with van der Waals surface area (Å²) in [5, 5.41) is 4.23. The molecule has 0 aliphatic rings. The monoisotopic (exact) mass is 247 g/mol. The highest BCUT2D eigenvalue weighted by Gasteiger charge is 2.09. The highest BCUT2D eigenvalue weighted by Crippen LogP contribution is 2.23. The Morgan fingerprint density at radius 2 is 2.18 bits per heavy atom. The molecule has 2 rings (SSSR count). The second-order valence-electron chi connectivity index (χ2n) is 4.17. The lowest BCUT2D eigenvalue weighted by atomic mass is 9.99. The van der Waals surface area contributed by atoms with Gasteiger partial charge in [0.05, 0.1) is 7.11 Å². The quantitative estimate of drug-likeness (QED) is 0.899. The van der Waals surface area contributed by atoms with Gasteiger partial charge in [-0.25, -0.2) is 0 Å². The predicted molar refractivity (Wildman–Crippen MR) is 72.7 cm³/mol. The number of thiophene rings is 1. The molecule has 1 unspecified atom stereocenters. The Labute approximate surface area is 106 Å². The van der Waals surface area contributed by atoms with Gasteiger partial charge in [-0.1, -0.05) is 12.1 Å². The molecule has 0 saturated heterocycles. The summed E-state index contributed by atoms with van der Waals surface area (Å²) in [5.41, 5.74) is 9.80. The van der Waals surface area contributed by atoms with E-state index in [0.29, 0.717) is 0 Å². The molecule has 2 nitrogen and oxygen atoms in total. The second kappa shape index (κ2) is 5.34. The van der Waals surface area contributed by atoms with Gasteiger partial charge in [0.25, 0.3) is 0 Å². The first-order valence-corrected chi connectivity index (χ1v) is 6.56. The zero-order chi connectivity index (χ0) is 12.3. The minimum absolute atomic E-state index is 0.0502. The third-order valence-corrected chi connectivity index (χ3v) is 3.61. The Morgan fingerprint density at radius 3 is 2.76 bits per heavy atom. The molecule has 1 atom stereocenters. The molecular formula is C14H17NOS. The molecule has 1 aromatic carbocycles. The van der Waals surface area contributed by atoms with E-state index in [4.69, 9.17) is 10.5 Å². The summed E-state index contributed by atoms with van der Waals surface area (Å²) in [6, 6.07) is 8.31. The number of nitrogens with two attached hydrogens (primary N) is 1. The van der Waals surface area contributed by atoms with Crippen LogP contribution in [0.25, 0.3) is 0 Å². The van der Waals surface area contributed by atoms with Crippen molar-refractivity contribution in [1.29, 1.82) is 0 Å². The van der Waals surface area contributed by atoms with Gasteiger partial charge >= 0.3 is 0 Å². The first kappa shape index (κ1) is 12.1. The highest BCUT2D eigenvalue weighted by atomic mass is 32.1. The number of aryl methyl sites for hydroxylation is 1. The standard InChI is InChI=1S/C14H17NOS/c1-10-7-12(3-4-14(10)16-2)13(15)8-11-5-6-17-9-11/h3-7,9,13H,8,15H2,1-2H3. The average molecular weight is 247 g/mol. The van der Waals surface area contributed by atoms with Gasteiger partial charge in [0.1, 0.15) is 5.75 Å². The van der Waals surface area contributed by atoms with Crippen molar-refractivity contribution >= 4 is 11.3 Å². The molecule has 2 aromatic rings. The van der Waals surface area contributed by atoms with Crippen LogP contribution in [0.5, 0.6) is 5.75 Å². The molecule has 1 aromatic heterocycles. The Kier molecular flexibility index (Phi) is 3.82. The van der Waals surface area contributed by atoms with Gasteiger partial charge in [-0.15, -0.1) is 0 Å². The van der Waals surface area contributed by atoms with Crippen LogP contribution in [0.3, 0.4) is 0 Å². The molecule has 0 aliphatic heterocycles. The number of methoxy groups -OCH3 is 1. The van der Waals surface area contributed by atoms with Crippen molar-refractivity contribution in [2.45, 2.75) is 19.4 Å². The minimum atomic E-state index is 0.0502. The van der Waals surface area contributed by atoms with Gasteiger partial charge in [-0.3, -0.25) is 0 Å². The maximum absolute atomic E-state index is 6.21. The van der Waals surface area contributed by atoms with E-state index >= 15 is 0 Å². The molecule has 17 heavy (non-hydrogen) atoms. The Hall–Kier alpha value is -1.32. The van der Waals surface area contributed by atoms with Crippen LogP contribution in [0.4, 0.5) is 0 Å². The van der Waals surface area contributed by atoms with E-state index in [1.165, 1.54) is 5.56 Å². The minimum Gasteiger partial charge on any atom is -0.496 e. The van der Waals surface area contributed by atoms with Gasteiger partial charge in [0, 0.05) is 6.04 Å². The van der Waals surface area contributed by atoms with E-state index in [9.17, 15) is 0 Å². The summed E-state index contributed by atoms with van der Waals surface area (Å²) in [6.45, 7) is 2.04. The lowest BCUT2D eigenvalue weighted by molar-refractivity contribution is 0.411. The largest absolute Gasteiger partial charge is 0.496 e. The second-order valence-corrected chi connectivity index (χ2v) is 4.95. The van der Waals surface area contributed by atoms with Crippen LogP contribution in [0.2, 0.25) is 0 Å². The fourth-order valence-corrected chi connectivity index (χ4v) is 2.59. The van der Waals surface area contributed by atoms with Crippen molar-refractivity contribution in [3.63, 3.8) is 0 Å². The summed E-state index contributed by atoms with van der Waals surface area (Å²) in [4.78, 5) is 0. The van der Waals surface area contributed by atoms with Crippen LogP contribution in [0.1, 0.15) is 22.7 Å². The summed E-state index contributed by atoms with van der Waals surface area (Å²) >= 11 is 1.71. The van der Waals surface area contributed by atoms with E-state index in [1.807, 2.05) is 19.1 Å². The number of benzene rings is 1. The molecule has 0 aliphatic carbocycles. The third-order valence-electron chi connectivity index (χ3n) is 2.88. The number of hydrogen-bond donors (Lipinski definition) is 1. The average Bonchev–Trinajstić information content (AvgIpc) is 2.81. The third kappa shape index (κ3) is 2.87. The Bertz CT molecular complexity index is 479. The Morgan fingerprint density at radius 1 is 1.35 bits per heavy atom. The topological polar surface area (TPSA) is 35.2 Å². The van der Waals surface area contributed by atoms with E-state index in [-0.39, 0.29) is 6.04 Å². The molecule has 0 radical (unpaired) electrons. The number of hydrogen-bond acceptors (Lipinski definition) is 3. The maximum atomic E-state index is 6.21. The van der Waals surface area contributed by atoms with Crippen LogP contribution in [-0.2, 0) is 6.42 Å². The van der Waals surface area contributed by atoms with Crippen molar-refractivity contribution in [1.82, 2.24) is 0 Å². The molecule has 0 bridgehead atoms. The molecule has 2 N–H and O–H groups in total. The number of rotatable bonds is 4. The van der Waals surface area contributed by atoms with Crippen molar-refractivity contribution in [3.8, 4) is 5.75 Å². The summed E-state index contributed by atoms with van der Waals surface area (Å²) in [6.07, 6.45) is 0.884. The van der Waals surface area contributed by atoms with Crippen LogP contribution in [-0.4, -0.2) is 7.11 Å². The van der Waals surface area contributed by atoms with Crippen molar-refractivity contribution in [2.75, 3.05) is 7.11 Å². The zero-order valence-electron chi connectivity index (χ0n) is 10.1. The molecule has 1 heterocycles. The fourth-order valence-electron chi connectivity index (χ4n) is 1.91. The number of ether oxygens (including phenoxy) is 1. The summed E-state index contributed by atoms with van der Waals surface area (Å²) < 4.78 is 5.25. The van der Waals surface area contributed by atoms with E-state index in [2.05, 4.69) is 22.9 Å². The summed E-state index contributed by atoms with van der Waals surface area (Å²) in [5.74, 6) is 0.913. The highest BCUT2D eigenvalue weighted by molar-refractivity contribution is 7.07. The van der Waals surface area contributed by atoms with Crippen LogP contribution in [0.15, 0.2) is 35.0 Å². The Balaban J connectivity index is 2.14. The van der Waals surface area contributed by atoms with Crippen molar-refractivity contribution in [3.05, 3.63) is 51.7 Å². The molecular weight excluding hydrogens is 230 g/mol. The van der Waals surface area contributed by atoms with E-state index in [1.54, 1.807) is 18.4 Å². The van der Waals surface area contributed by atoms with Crippen LogP contribution < -0.4 is 10.5 Å². The van der Waals surface area contributed by atoms with Gasteiger partial charge in [0.2, 0.25) is 0 Å². The van der Waals surface area contributed by atoms with Crippen molar-refractivity contribution in [2.24, 2.45) is 5.73 Å². The molecule has 0 saturated carbocycles. The van der Waals surface area contributed by atoms with E-state index < -0.39 is 0 Å². The van der Waals surface area contributed by atoms with Gasteiger partial charge in [0.15, 0.2) is 0 Å². The zero-order valence-corrected chi connectivity index (χ0v) is 11.0. The van der Waals surface area contributed by atoms with E-state index in [0.717, 1.165) is 23.3 Å². The lowest BCUT2D eigenvalue weighted by Crippen LogP contribution is -2.13. The normalized spacial score (nSPS) is 12.4. The molecule has 0 fully saturated rings.